The molecule has 5 rings (SSSR count). The third-order valence-corrected chi connectivity index (χ3v) is 5.78. The maximum Gasteiger partial charge on any atom is 0.289 e. The molecule has 7 nitrogen and oxygen atoms in total. The first-order valence-corrected chi connectivity index (χ1v) is 10.3. The maximum absolute atomic E-state index is 12.6. The highest BCUT2D eigenvalue weighted by Gasteiger charge is 2.18. The number of H-pyrrole nitrogens is 1. The SMILES string of the molecule is COc1ccc(OC)c(C=NNC(=O)c2cc(-c3ccc4c5c(cccc35)CC4)n[nH]2)c1. The van der Waals surface area contributed by atoms with Crippen LogP contribution in [0.4, 0.5) is 0 Å². The molecule has 1 aliphatic rings. The molecule has 1 amide bonds. The van der Waals surface area contributed by atoms with E-state index in [0.29, 0.717) is 22.8 Å². The number of benzene rings is 3. The first kappa shape index (κ1) is 19.8. The van der Waals surface area contributed by atoms with Crippen LogP contribution in [0.2, 0.25) is 0 Å². The maximum atomic E-state index is 12.6. The molecule has 4 aromatic rings. The van der Waals surface area contributed by atoms with Gasteiger partial charge in [0.15, 0.2) is 0 Å². The number of aryl methyl sites for hydroxylation is 2. The van der Waals surface area contributed by atoms with E-state index in [2.05, 4.69) is 51.1 Å². The van der Waals surface area contributed by atoms with Gasteiger partial charge in [-0.05, 0) is 59.0 Å². The minimum atomic E-state index is -0.382. The molecule has 3 aromatic carbocycles. The molecule has 1 aliphatic carbocycles. The summed E-state index contributed by atoms with van der Waals surface area (Å²) in [6.45, 7) is 0. The van der Waals surface area contributed by atoms with Crippen LogP contribution in [0.3, 0.4) is 0 Å². The molecular weight excluding hydrogens is 404 g/mol. The van der Waals surface area contributed by atoms with E-state index in [0.717, 1.165) is 24.1 Å². The number of rotatable bonds is 6. The van der Waals surface area contributed by atoms with Crippen molar-refractivity contribution in [1.29, 1.82) is 0 Å². The number of ether oxygens (including phenoxy) is 2. The molecule has 2 N–H and O–H groups in total. The zero-order valence-corrected chi connectivity index (χ0v) is 17.8. The Kier molecular flexibility index (Phi) is 5.07. The molecule has 1 aromatic heterocycles. The van der Waals surface area contributed by atoms with Gasteiger partial charge >= 0.3 is 0 Å². The Hall–Kier alpha value is -4.13. The molecular formula is C25H22N4O3. The molecule has 0 unspecified atom stereocenters. The Morgan fingerprint density at radius 1 is 1.06 bits per heavy atom. The first-order chi connectivity index (χ1) is 15.7. The minimum Gasteiger partial charge on any atom is -0.497 e. The van der Waals surface area contributed by atoms with Crippen LogP contribution < -0.4 is 14.9 Å². The number of carbonyl (C=O) groups is 1. The highest BCUT2D eigenvalue weighted by atomic mass is 16.5. The van der Waals surface area contributed by atoms with Crippen LogP contribution in [-0.4, -0.2) is 36.5 Å². The smallest absolute Gasteiger partial charge is 0.289 e. The lowest BCUT2D eigenvalue weighted by atomic mass is 9.98. The number of amides is 1. The molecule has 0 saturated heterocycles. The largest absolute Gasteiger partial charge is 0.497 e. The van der Waals surface area contributed by atoms with E-state index >= 15 is 0 Å². The highest BCUT2D eigenvalue weighted by molar-refractivity contribution is 6.02. The average molecular weight is 426 g/mol. The van der Waals surface area contributed by atoms with Crippen LogP contribution in [-0.2, 0) is 12.8 Å². The van der Waals surface area contributed by atoms with Crippen molar-refractivity contribution in [2.45, 2.75) is 12.8 Å². The molecule has 32 heavy (non-hydrogen) atoms. The topological polar surface area (TPSA) is 88.6 Å². The summed E-state index contributed by atoms with van der Waals surface area (Å²) < 4.78 is 10.5. The molecule has 0 radical (unpaired) electrons. The van der Waals surface area contributed by atoms with Crippen molar-refractivity contribution in [1.82, 2.24) is 15.6 Å². The minimum absolute atomic E-state index is 0.331. The third-order valence-electron chi connectivity index (χ3n) is 5.78. The van der Waals surface area contributed by atoms with Gasteiger partial charge in [0.25, 0.3) is 5.91 Å². The van der Waals surface area contributed by atoms with Gasteiger partial charge in [-0.25, -0.2) is 5.43 Å². The Morgan fingerprint density at radius 3 is 2.72 bits per heavy atom. The Balaban J connectivity index is 1.37. The zero-order valence-electron chi connectivity index (χ0n) is 17.8. The summed E-state index contributed by atoms with van der Waals surface area (Å²) in [7, 11) is 3.16. The van der Waals surface area contributed by atoms with Gasteiger partial charge in [-0.1, -0.05) is 30.3 Å². The van der Waals surface area contributed by atoms with Crippen LogP contribution in [0.1, 0.15) is 27.2 Å². The summed E-state index contributed by atoms with van der Waals surface area (Å²) in [5.41, 5.74) is 8.02. The van der Waals surface area contributed by atoms with Gasteiger partial charge in [0.05, 0.1) is 26.1 Å². The van der Waals surface area contributed by atoms with Crippen LogP contribution in [0.15, 0.2) is 59.7 Å². The lowest BCUT2D eigenvalue weighted by Crippen LogP contribution is -2.18. The van der Waals surface area contributed by atoms with Gasteiger partial charge in [0.1, 0.15) is 17.2 Å². The predicted molar refractivity (Wildman–Crippen MR) is 124 cm³/mol. The molecule has 0 spiro atoms. The lowest BCUT2D eigenvalue weighted by Gasteiger charge is -2.06. The molecule has 160 valence electrons. The van der Waals surface area contributed by atoms with Gasteiger partial charge in [-0.3, -0.25) is 9.89 Å². The van der Waals surface area contributed by atoms with Gasteiger partial charge < -0.3 is 9.47 Å². The van der Waals surface area contributed by atoms with Crippen LogP contribution in [0, 0.1) is 0 Å². The molecule has 0 atom stereocenters. The van der Waals surface area contributed by atoms with E-state index in [9.17, 15) is 4.79 Å². The second-order valence-corrected chi connectivity index (χ2v) is 7.59. The standard InChI is InChI=1S/C25H22N4O3/c1-31-18-9-11-23(32-2)17(12-18)14-26-29-25(30)22-13-21(27-28-22)19-10-8-16-7-6-15-4-3-5-20(19)24(15)16/h3-5,8-14H,6-7H2,1-2H3,(H,27,28)(H,29,30). The Morgan fingerprint density at radius 2 is 1.91 bits per heavy atom. The lowest BCUT2D eigenvalue weighted by molar-refractivity contribution is 0.0950. The summed E-state index contributed by atoms with van der Waals surface area (Å²) in [6, 6.07) is 17.7. The number of hydrazone groups is 1. The Labute approximate surface area is 185 Å². The molecule has 7 heteroatoms. The van der Waals surface area contributed by atoms with Crippen molar-refractivity contribution in [3.8, 4) is 22.8 Å². The number of methoxy groups -OCH3 is 2. The van der Waals surface area contributed by atoms with E-state index < -0.39 is 0 Å². The number of hydrogen-bond donors (Lipinski definition) is 2. The van der Waals surface area contributed by atoms with Gasteiger partial charge in [-0.15, -0.1) is 0 Å². The second kappa shape index (κ2) is 8.19. The third kappa shape index (κ3) is 3.47. The highest BCUT2D eigenvalue weighted by Crippen LogP contribution is 2.36. The molecule has 0 aliphatic heterocycles. The van der Waals surface area contributed by atoms with Crippen LogP contribution in [0.25, 0.3) is 22.0 Å². The predicted octanol–water partition coefficient (Wildman–Crippen LogP) is 4.11. The number of carbonyl (C=O) groups excluding carboxylic acids is 1. The van der Waals surface area contributed by atoms with Crippen LogP contribution >= 0.6 is 0 Å². The van der Waals surface area contributed by atoms with Crippen molar-refractivity contribution in [2.75, 3.05) is 14.2 Å². The summed E-state index contributed by atoms with van der Waals surface area (Å²) >= 11 is 0. The zero-order chi connectivity index (χ0) is 22.1. The van der Waals surface area contributed by atoms with E-state index in [4.69, 9.17) is 9.47 Å². The van der Waals surface area contributed by atoms with E-state index in [-0.39, 0.29) is 5.91 Å². The number of aromatic nitrogens is 2. The molecule has 0 saturated carbocycles. The van der Waals surface area contributed by atoms with Gasteiger partial charge in [0.2, 0.25) is 0 Å². The van der Waals surface area contributed by atoms with Crippen molar-refractivity contribution < 1.29 is 14.3 Å². The summed E-state index contributed by atoms with van der Waals surface area (Å²) in [6.07, 6.45) is 3.65. The fraction of sp³-hybridized carbons (Fsp3) is 0.160. The van der Waals surface area contributed by atoms with Crippen molar-refractivity contribution in [2.24, 2.45) is 5.10 Å². The second-order valence-electron chi connectivity index (χ2n) is 7.59. The molecule has 0 bridgehead atoms. The summed E-state index contributed by atoms with van der Waals surface area (Å²) in [4.78, 5) is 12.6. The molecule has 0 fully saturated rings. The van der Waals surface area contributed by atoms with E-state index in [1.807, 2.05) is 0 Å². The normalized spacial score (nSPS) is 12.4. The number of nitrogens with one attached hydrogen (secondary N) is 2. The molecule has 1 heterocycles. The van der Waals surface area contributed by atoms with Gasteiger partial charge in [0, 0.05) is 11.1 Å². The monoisotopic (exact) mass is 426 g/mol. The number of hydrogen-bond acceptors (Lipinski definition) is 5. The first-order valence-electron chi connectivity index (χ1n) is 10.3. The van der Waals surface area contributed by atoms with E-state index in [1.165, 1.54) is 28.1 Å². The number of nitrogens with zero attached hydrogens (tertiary/aromatic N) is 2. The average Bonchev–Trinajstić information content (AvgIpc) is 3.48. The fourth-order valence-electron chi connectivity index (χ4n) is 4.21. The quantitative estimate of drug-likeness (QED) is 0.359. The van der Waals surface area contributed by atoms with E-state index in [1.54, 1.807) is 38.5 Å². The Bertz CT molecular complexity index is 1350. The summed E-state index contributed by atoms with van der Waals surface area (Å²) in [5, 5.41) is 13.7. The fourth-order valence-corrected chi connectivity index (χ4v) is 4.21. The van der Waals surface area contributed by atoms with Crippen molar-refractivity contribution in [3.63, 3.8) is 0 Å². The van der Waals surface area contributed by atoms with Gasteiger partial charge in [-0.2, -0.15) is 10.2 Å². The number of aromatic amines is 1. The summed E-state index contributed by atoms with van der Waals surface area (Å²) in [5.74, 6) is 0.912. The van der Waals surface area contributed by atoms with Crippen molar-refractivity contribution in [3.05, 3.63) is 77.0 Å². The van der Waals surface area contributed by atoms with Crippen LogP contribution in [0.5, 0.6) is 11.5 Å². The van der Waals surface area contributed by atoms with Crippen molar-refractivity contribution >= 4 is 22.9 Å².